The van der Waals surface area contributed by atoms with Gasteiger partial charge in [-0.1, -0.05) is 6.42 Å². The Morgan fingerprint density at radius 1 is 1.18 bits per heavy atom. The number of Topliss-reactive ketones (excluding diaryl/α,β-unsaturated/α-hetero) is 1. The van der Waals surface area contributed by atoms with Crippen molar-refractivity contribution in [2.45, 2.75) is 96.2 Å². The third kappa shape index (κ3) is 4.23. The summed E-state index contributed by atoms with van der Waals surface area (Å²) in [6.45, 7) is 4.66. The zero-order valence-electron chi connectivity index (χ0n) is 20.7. The number of methoxy groups -OCH3 is 1. The standard InChI is InChI=1S/C27H37N3O4/c1-17-9-11-22-23(29(17)27(32)33-3)12-13-24-26(22)28-25(14-10-21-8-5-15-34-21)30(24)20-7-4-6-19(16-20)18(2)31/h12-13,17,19-21H,4-11,14-16H2,1-3H3/t17-,19+,20+,21-/m0/s1. The first kappa shape index (κ1) is 23.3. The Bertz CT molecular complexity index is 1070. The van der Waals surface area contributed by atoms with Crippen LogP contribution in [0.4, 0.5) is 10.5 Å². The summed E-state index contributed by atoms with van der Waals surface area (Å²) in [4.78, 5) is 31.8. The molecule has 0 unspecified atom stereocenters. The molecule has 7 heteroatoms. The van der Waals surface area contributed by atoms with E-state index < -0.39 is 0 Å². The number of ether oxygens (including phenoxy) is 2. The summed E-state index contributed by atoms with van der Waals surface area (Å²) >= 11 is 0. The summed E-state index contributed by atoms with van der Waals surface area (Å²) in [5.74, 6) is 1.53. The number of fused-ring (bicyclic) bond motifs is 3. The number of nitrogens with zero attached hydrogens (tertiary/aromatic N) is 3. The van der Waals surface area contributed by atoms with E-state index in [2.05, 4.69) is 23.6 Å². The highest BCUT2D eigenvalue weighted by Crippen LogP contribution is 2.41. The van der Waals surface area contributed by atoms with Crippen LogP contribution in [0.25, 0.3) is 11.0 Å². The maximum absolute atomic E-state index is 12.6. The predicted molar refractivity (Wildman–Crippen MR) is 131 cm³/mol. The van der Waals surface area contributed by atoms with Crippen molar-refractivity contribution in [1.29, 1.82) is 0 Å². The number of amides is 1. The number of benzene rings is 1. The first-order valence-electron chi connectivity index (χ1n) is 13.0. The van der Waals surface area contributed by atoms with Crippen molar-refractivity contribution >= 4 is 28.6 Å². The lowest BCUT2D eigenvalue weighted by molar-refractivity contribution is -0.122. The molecule has 34 heavy (non-hydrogen) atoms. The Hall–Kier alpha value is -2.41. The summed E-state index contributed by atoms with van der Waals surface area (Å²) in [6.07, 6.45) is 9.89. The monoisotopic (exact) mass is 467 g/mol. The molecule has 184 valence electrons. The summed E-state index contributed by atoms with van der Waals surface area (Å²) < 4.78 is 13.4. The number of anilines is 1. The van der Waals surface area contributed by atoms with Gasteiger partial charge in [0.1, 0.15) is 11.6 Å². The molecular formula is C27H37N3O4. The molecule has 1 aromatic carbocycles. The molecule has 0 radical (unpaired) electrons. The highest BCUT2D eigenvalue weighted by Gasteiger charge is 2.33. The fourth-order valence-electron chi connectivity index (χ4n) is 6.34. The molecule has 3 heterocycles. The Morgan fingerprint density at radius 3 is 2.76 bits per heavy atom. The maximum atomic E-state index is 12.6. The maximum Gasteiger partial charge on any atom is 0.414 e. The second-order valence-corrected chi connectivity index (χ2v) is 10.4. The summed E-state index contributed by atoms with van der Waals surface area (Å²) in [5.41, 5.74) is 4.19. The molecule has 1 aliphatic carbocycles. The van der Waals surface area contributed by atoms with Crippen LogP contribution in [0.3, 0.4) is 0 Å². The van der Waals surface area contributed by atoms with Crippen molar-refractivity contribution in [2.75, 3.05) is 18.6 Å². The van der Waals surface area contributed by atoms with Crippen molar-refractivity contribution < 1.29 is 19.1 Å². The molecular weight excluding hydrogens is 430 g/mol. The molecule has 1 aromatic heterocycles. The topological polar surface area (TPSA) is 73.7 Å². The van der Waals surface area contributed by atoms with E-state index in [0.717, 1.165) is 98.9 Å². The molecule has 1 saturated heterocycles. The molecule has 4 atom stereocenters. The summed E-state index contributed by atoms with van der Waals surface area (Å²) in [7, 11) is 1.44. The lowest BCUT2D eigenvalue weighted by Crippen LogP contribution is -2.42. The molecule has 5 rings (SSSR count). The van der Waals surface area contributed by atoms with Crippen molar-refractivity contribution in [3.63, 3.8) is 0 Å². The van der Waals surface area contributed by atoms with Gasteiger partial charge in [-0.3, -0.25) is 9.69 Å². The Kier molecular flexibility index (Phi) is 6.65. The largest absolute Gasteiger partial charge is 0.452 e. The van der Waals surface area contributed by atoms with Crippen LogP contribution in [0.1, 0.15) is 82.6 Å². The Morgan fingerprint density at radius 2 is 2.03 bits per heavy atom. The molecule has 2 fully saturated rings. The van der Waals surface area contributed by atoms with E-state index in [9.17, 15) is 9.59 Å². The predicted octanol–water partition coefficient (Wildman–Crippen LogP) is 5.38. The van der Waals surface area contributed by atoms with Gasteiger partial charge in [0.25, 0.3) is 0 Å². The quantitative estimate of drug-likeness (QED) is 0.591. The van der Waals surface area contributed by atoms with E-state index in [1.807, 2.05) is 0 Å². The van der Waals surface area contributed by atoms with Crippen LogP contribution in [-0.4, -0.2) is 47.3 Å². The van der Waals surface area contributed by atoms with Gasteiger partial charge in [-0.15, -0.1) is 0 Å². The minimum atomic E-state index is -0.317. The fraction of sp³-hybridized carbons (Fsp3) is 0.667. The summed E-state index contributed by atoms with van der Waals surface area (Å²) in [6, 6.07) is 4.57. The second kappa shape index (κ2) is 9.68. The molecule has 2 aromatic rings. The van der Waals surface area contributed by atoms with Crippen LogP contribution in [0.2, 0.25) is 0 Å². The SMILES string of the molecule is COC(=O)N1c2ccc3c(nc(CC[C@@H]4CCCO4)n3[C@@H]3CCC[C@@H](C(C)=O)C3)c2CC[C@@H]1C. The molecule has 0 N–H and O–H groups in total. The highest BCUT2D eigenvalue weighted by atomic mass is 16.5. The first-order valence-corrected chi connectivity index (χ1v) is 13.0. The van der Waals surface area contributed by atoms with Crippen molar-refractivity contribution in [3.8, 4) is 0 Å². The Labute approximate surface area is 201 Å². The summed E-state index contributed by atoms with van der Waals surface area (Å²) in [5, 5.41) is 0. The van der Waals surface area contributed by atoms with Crippen molar-refractivity contribution in [3.05, 3.63) is 23.5 Å². The Balaban J connectivity index is 1.57. The van der Waals surface area contributed by atoms with E-state index in [1.54, 1.807) is 11.8 Å². The number of ketones is 1. The third-order valence-electron chi connectivity index (χ3n) is 8.20. The number of hydrogen-bond acceptors (Lipinski definition) is 5. The van der Waals surface area contributed by atoms with E-state index in [-0.39, 0.29) is 24.1 Å². The number of carbonyl (C=O) groups excluding carboxylic acids is 2. The number of imidazole rings is 1. The van der Waals surface area contributed by atoms with Gasteiger partial charge in [0.2, 0.25) is 0 Å². The average molecular weight is 468 g/mol. The van der Waals surface area contributed by atoms with Gasteiger partial charge >= 0.3 is 6.09 Å². The first-order chi connectivity index (χ1) is 16.5. The van der Waals surface area contributed by atoms with Crippen LogP contribution in [0.15, 0.2) is 12.1 Å². The van der Waals surface area contributed by atoms with Crippen LogP contribution < -0.4 is 4.90 Å². The van der Waals surface area contributed by atoms with E-state index >= 15 is 0 Å². The number of carbonyl (C=O) groups is 2. The number of aryl methyl sites for hydroxylation is 2. The van der Waals surface area contributed by atoms with Crippen molar-refractivity contribution in [2.24, 2.45) is 5.92 Å². The zero-order valence-corrected chi connectivity index (χ0v) is 20.7. The lowest BCUT2D eigenvalue weighted by atomic mass is 9.83. The van der Waals surface area contributed by atoms with Gasteiger partial charge in [-0.2, -0.15) is 0 Å². The lowest BCUT2D eigenvalue weighted by Gasteiger charge is -2.34. The molecule has 0 bridgehead atoms. The molecule has 3 aliphatic rings. The third-order valence-corrected chi connectivity index (χ3v) is 8.20. The molecule has 1 amide bonds. The smallest absolute Gasteiger partial charge is 0.414 e. The van der Waals surface area contributed by atoms with Gasteiger partial charge in [0, 0.05) is 36.6 Å². The van der Waals surface area contributed by atoms with Gasteiger partial charge in [-0.25, -0.2) is 9.78 Å². The number of hydrogen-bond donors (Lipinski definition) is 0. The number of aromatic nitrogens is 2. The fourth-order valence-corrected chi connectivity index (χ4v) is 6.34. The highest BCUT2D eigenvalue weighted by molar-refractivity contribution is 5.95. The van der Waals surface area contributed by atoms with Crippen LogP contribution in [-0.2, 0) is 27.1 Å². The van der Waals surface area contributed by atoms with Gasteiger partial charge in [0.15, 0.2) is 0 Å². The molecule has 0 spiro atoms. The number of rotatable bonds is 5. The van der Waals surface area contributed by atoms with Crippen molar-refractivity contribution in [1.82, 2.24) is 9.55 Å². The molecule has 7 nitrogen and oxygen atoms in total. The second-order valence-electron chi connectivity index (χ2n) is 10.4. The minimum absolute atomic E-state index is 0.0909. The van der Waals surface area contributed by atoms with E-state index in [1.165, 1.54) is 7.11 Å². The normalized spacial score (nSPS) is 27.1. The van der Waals surface area contributed by atoms with Crippen LogP contribution >= 0.6 is 0 Å². The van der Waals surface area contributed by atoms with E-state index in [0.29, 0.717) is 11.9 Å². The van der Waals surface area contributed by atoms with E-state index in [4.69, 9.17) is 14.5 Å². The van der Waals surface area contributed by atoms with Crippen LogP contribution in [0.5, 0.6) is 0 Å². The van der Waals surface area contributed by atoms with Crippen LogP contribution in [0, 0.1) is 5.92 Å². The van der Waals surface area contributed by atoms with Gasteiger partial charge in [-0.05, 0) is 77.3 Å². The molecule has 2 aliphatic heterocycles. The average Bonchev–Trinajstić information content (AvgIpc) is 3.49. The zero-order chi connectivity index (χ0) is 23.8. The van der Waals surface area contributed by atoms with Gasteiger partial charge < -0.3 is 14.0 Å². The van der Waals surface area contributed by atoms with Gasteiger partial charge in [0.05, 0.1) is 29.9 Å². The minimum Gasteiger partial charge on any atom is -0.452 e. The molecule has 1 saturated carbocycles.